The van der Waals surface area contributed by atoms with Crippen LogP contribution in [0.2, 0.25) is 0 Å². The van der Waals surface area contributed by atoms with Gasteiger partial charge < -0.3 is 15.1 Å². The minimum atomic E-state index is 0.190. The molecule has 4 heteroatoms. The lowest BCUT2D eigenvalue weighted by molar-refractivity contribution is 0.0758. The van der Waals surface area contributed by atoms with Crippen LogP contribution in [0.15, 0.2) is 18.2 Å². The van der Waals surface area contributed by atoms with E-state index in [4.69, 9.17) is 0 Å². The fraction of sp³-hybridized carbons (Fsp3) is 0.588. The van der Waals surface area contributed by atoms with Crippen molar-refractivity contribution in [2.24, 2.45) is 0 Å². The van der Waals surface area contributed by atoms with Crippen LogP contribution in [0.3, 0.4) is 0 Å². The summed E-state index contributed by atoms with van der Waals surface area (Å²) in [6.07, 6.45) is 1.97. The second kappa shape index (κ2) is 7.57. The van der Waals surface area contributed by atoms with E-state index in [9.17, 15) is 4.79 Å². The van der Waals surface area contributed by atoms with Gasteiger partial charge in [-0.05, 0) is 64.1 Å². The average molecular weight is 289 g/mol. The van der Waals surface area contributed by atoms with Crippen LogP contribution < -0.4 is 5.32 Å². The maximum absolute atomic E-state index is 12.8. The first-order valence-electron chi connectivity index (χ1n) is 7.89. The predicted octanol–water partition coefficient (Wildman–Crippen LogP) is 1.75. The predicted molar refractivity (Wildman–Crippen MR) is 86.6 cm³/mol. The summed E-state index contributed by atoms with van der Waals surface area (Å²) < 4.78 is 0. The first-order valence-corrected chi connectivity index (χ1v) is 7.89. The van der Waals surface area contributed by atoms with E-state index in [-0.39, 0.29) is 5.91 Å². The van der Waals surface area contributed by atoms with Crippen molar-refractivity contribution in [1.29, 1.82) is 0 Å². The van der Waals surface area contributed by atoms with E-state index in [1.54, 1.807) is 0 Å². The Hall–Kier alpha value is -1.39. The molecule has 1 N–H and O–H groups in total. The third-order valence-corrected chi connectivity index (χ3v) is 4.07. The molecule has 0 saturated heterocycles. The van der Waals surface area contributed by atoms with Gasteiger partial charge in [0.05, 0.1) is 0 Å². The lowest BCUT2D eigenvalue weighted by Crippen LogP contribution is -2.35. The number of rotatable bonds is 6. The third kappa shape index (κ3) is 4.05. The molecule has 2 rings (SSSR count). The molecule has 0 bridgehead atoms. The topological polar surface area (TPSA) is 35.6 Å². The first-order chi connectivity index (χ1) is 10.1. The van der Waals surface area contributed by atoms with E-state index in [2.05, 4.69) is 37.3 Å². The highest BCUT2D eigenvalue weighted by Crippen LogP contribution is 2.20. The van der Waals surface area contributed by atoms with Crippen molar-refractivity contribution >= 4 is 5.91 Å². The van der Waals surface area contributed by atoms with Gasteiger partial charge >= 0.3 is 0 Å². The highest BCUT2D eigenvalue weighted by molar-refractivity contribution is 5.96. The van der Waals surface area contributed by atoms with Crippen LogP contribution >= 0.6 is 0 Å². The van der Waals surface area contributed by atoms with Crippen molar-refractivity contribution in [3.05, 3.63) is 34.9 Å². The van der Waals surface area contributed by atoms with Crippen LogP contribution in [0.25, 0.3) is 0 Å². The van der Waals surface area contributed by atoms with Gasteiger partial charge in [-0.3, -0.25) is 4.79 Å². The van der Waals surface area contributed by atoms with Gasteiger partial charge in [-0.15, -0.1) is 0 Å². The van der Waals surface area contributed by atoms with Crippen LogP contribution in [-0.2, 0) is 13.0 Å². The van der Waals surface area contributed by atoms with E-state index in [1.807, 2.05) is 17.0 Å². The summed E-state index contributed by atoms with van der Waals surface area (Å²) in [6.45, 7) is 6.52. The first kappa shape index (κ1) is 16.0. The number of fused-ring (bicyclic) bond motifs is 1. The molecule has 1 heterocycles. The molecule has 0 fully saturated rings. The van der Waals surface area contributed by atoms with Gasteiger partial charge in [0.15, 0.2) is 0 Å². The summed E-state index contributed by atoms with van der Waals surface area (Å²) in [5.41, 5.74) is 3.42. The molecule has 0 saturated carbocycles. The smallest absolute Gasteiger partial charge is 0.254 e. The summed E-state index contributed by atoms with van der Waals surface area (Å²) in [4.78, 5) is 16.9. The van der Waals surface area contributed by atoms with Crippen molar-refractivity contribution < 1.29 is 4.79 Å². The highest BCUT2D eigenvalue weighted by Gasteiger charge is 2.20. The zero-order chi connectivity index (χ0) is 15.2. The Bertz CT molecular complexity index is 485. The second-order valence-corrected chi connectivity index (χ2v) is 5.91. The number of hydrogen-bond donors (Lipinski definition) is 1. The summed E-state index contributed by atoms with van der Waals surface area (Å²) in [7, 11) is 4.14. The minimum absolute atomic E-state index is 0.190. The summed E-state index contributed by atoms with van der Waals surface area (Å²) in [5, 5.41) is 3.37. The lowest BCUT2D eigenvalue weighted by Gasteiger charge is -2.25. The number of amides is 1. The van der Waals surface area contributed by atoms with Gasteiger partial charge in [0.2, 0.25) is 0 Å². The van der Waals surface area contributed by atoms with Gasteiger partial charge in [-0.25, -0.2) is 0 Å². The molecule has 1 amide bonds. The third-order valence-electron chi connectivity index (χ3n) is 4.07. The Kier molecular flexibility index (Phi) is 5.76. The van der Waals surface area contributed by atoms with E-state index >= 15 is 0 Å². The molecule has 0 unspecified atom stereocenters. The summed E-state index contributed by atoms with van der Waals surface area (Å²) in [5.74, 6) is 0.190. The summed E-state index contributed by atoms with van der Waals surface area (Å²) >= 11 is 0. The fourth-order valence-corrected chi connectivity index (χ4v) is 2.88. The molecule has 116 valence electrons. The molecule has 0 aliphatic carbocycles. The van der Waals surface area contributed by atoms with E-state index < -0.39 is 0 Å². The molecule has 0 spiro atoms. The van der Waals surface area contributed by atoms with Gasteiger partial charge in [-0.1, -0.05) is 12.1 Å². The molecule has 1 aliphatic rings. The molecular formula is C17H27N3O. The Morgan fingerprint density at radius 1 is 1.29 bits per heavy atom. The van der Waals surface area contributed by atoms with Crippen molar-refractivity contribution in [2.75, 3.05) is 40.3 Å². The standard InChI is InChI=1S/C17H27N3O/c1-4-20(12-6-11-19(2)3)17(21)16-8-5-7-14-13-18-10-9-15(14)16/h5,7-8,18H,4,6,9-13H2,1-3H3. The number of hydrogen-bond acceptors (Lipinski definition) is 3. The van der Waals surface area contributed by atoms with Gasteiger partial charge in [0.1, 0.15) is 0 Å². The lowest BCUT2D eigenvalue weighted by atomic mass is 9.94. The Morgan fingerprint density at radius 3 is 2.81 bits per heavy atom. The minimum Gasteiger partial charge on any atom is -0.339 e. The maximum atomic E-state index is 12.8. The SMILES string of the molecule is CCN(CCCN(C)C)C(=O)c1cccc2c1CCNC2. The Balaban J connectivity index is 2.10. The van der Waals surface area contributed by atoms with Gasteiger partial charge in [0, 0.05) is 25.2 Å². The average Bonchev–Trinajstić information content (AvgIpc) is 2.50. The molecule has 1 aliphatic heterocycles. The van der Waals surface area contributed by atoms with Crippen molar-refractivity contribution in [3.8, 4) is 0 Å². The van der Waals surface area contributed by atoms with Crippen LogP contribution in [-0.4, -0.2) is 56.0 Å². The molecule has 1 aromatic rings. The molecule has 1 aromatic carbocycles. The van der Waals surface area contributed by atoms with Crippen LogP contribution in [0, 0.1) is 0 Å². The second-order valence-electron chi connectivity index (χ2n) is 5.91. The van der Waals surface area contributed by atoms with Gasteiger partial charge in [-0.2, -0.15) is 0 Å². The Labute approximate surface area is 128 Å². The zero-order valence-corrected chi connectivity index (χ0v) is 13.5. The molecule has 0 aromatic heterocycles. The number of nitrogens with one attached hydrogen (secondary N) is 1. The Morgan fingerprint density at radius 2 is 2.10 bits per heavy atom. The van der Waals surface area contributed by atoms with Crippen LogP contribution in [0.1, 0.15) is 34.8 Å². The quantitative estimate of drug-likeness (QED) is 0.866. The van der Waals surface area contributed by atoms with Crippen LogP contribution in [0.4, 0.5) is 0 Å². The van der Waals surface area contributed by atoms with E-state index in [0.29, 0.717) is 0 Å². The molecule has 0 atom stereocenters. The molecule has 21 heavy (non-hydrogen) atoms. The molecule has 4 nitrogen and oxygen atoms in total. The molecular weight excluding hydrogens is 262 g/mol. The number of carbonyl (C=O) groups excluding carboxylic acids is 1. The molecule has 0 radical (unpaired) electrons. The van der Waals surface area contributed by atoms with Gasteiger partial charge in [0.25, 0.3) is 5.91 Å². The number of nitrogens with zero attached hydrogens (tertiary/aromatic N) is 2. The van der Waals surface area contributed by atoms with E-state index in [1.165, 1.54) is 11.1 Å². The number of benzene rings is 1. The van der Waals surface area contributed by atoms with Crippen molar-refractivity contribution in [2.45, 2.75) is 26.3 Å². The van der Waals surface area contributed by atoms with Crippen LogP contribution in [0.5, 0.6) is 0 Å². The maximum Gasteiger partial charge on any atom is 0.254 e. The summed E-state index contributed by atoms with van der Waals surface area (Å²) in [6, 6.07) is 6.12. The monoisotopic (exact) mass is 289 g/mol. The van der Waals surface area contributed by atoms with E-state index in [0.717, 1.165) is 51.1 Å². The fourth-order valence-electron chi connectivity index (χ4n) is 2.88. The zero-order valence-electron chi connectivity index (χ0n) is 13.5. The normalized spacial score (nSPS) is 14.1. The van der Waals surface area contributed by atoms with Crippen molar-refractivity contribution in [1.82, 2.24) is 15.1 Å². The largest absolute Gasteiger partial charge is 0.339 e. The highest BCUT2D eigenvalue weighted by atomic mass is 16.2. The number of carbonyl (C=O) groups is 1. The van der Waals surface area contributed by atoms with Crippen molar-refractivity contribution in [3.63, 3.8) is 0 Å².